The summed E-state index contributed by atoms with van der Waals surface area (Å²) in [5.41, 5.74) is 2.40. The van der Waals surface area contributed by atoms with Crippen LogP contribution in [0.3, 0.4) is 0 Å². The van der Waals surface area contributed by atoms with Gasteiger partial charge in [-0.3, -0.25) is 10.1 Å². The van der Waals surface area contributed by atoms with Crippen molar-refractivity contribution in [2.75, 3.05) is 5.32 Å². The van der Waals surface area contributed by atoms with Crippen LogP contribution in [-0.2, 0) is 4.79 Å². The molecule has 0 heterocycles. The molecule has 2 N–H and O–H groups in total. The van der Waals surface area contributed by atoms with Crippen LogP contribution in [0, 0.1) is 0 Å². The lowest BCUT2D eigenvalue weighted by Crippen LogP contribution is -2.40. The summed E-state index contributed by atoms with van der Waals surface area (Å²) in [6, 6.07) is 23.8. The minimum atomic E-state index is -4.76. The third-order valence-electron chi connectivity index (χ3n) is 4.43. The number of halogens is 3. The van der Waals surface area contributed by atoms with E-state index in [0.717, 1.165) is 23.3 Å². The predicted octanol–water partition coefficient (Wildman–Crippen LogP) is 5.29. The first-order valence-corrected chi connectivity index (χ1v) is 9.34. The summed E-state index contributed by atoms with van der Waals surface area (Å²) in [6.45, 7) is 1.73. The molecule has 3 aromatic carbocycles. The first-order valence-electron chi connectivity index (χ1n) is 9.34. The number of carbonyl (C=O) groups excluding carboxylic acids is 1. The van der Waals surface area contributed by atoms with Crippen LogP contribution in [0.15, 0.2) is 84.9 Å². The summed E-state index contributed by atoms with van der Waals surface area (Å²) in [5.74, 6) is -0.656. The average Bonchev–Trinajstić information content (AvgIpc) is 2.73. The molecule has 0 saturated heterocycles. The van der Waals surface area contributed by atoms with Gasteiger partial charge in [-0.25, -0.2) is 0 Å². The summed E-state index contributed by atoms with van der Waals surface area (Å²) in [6.07, 6.45) is -4.76. The lowest BCUT2D eigenvalue weighted by molar-refractivity contribution is -0.274. The Kier molecular flexibility index (Phi) is 6.74. The number of carbonyl (C=O) groups is 1. The van der Waals surface area contributed by atoms with Gasteiger partial charge in [-0.15, -0.1) is 13.2 Å². The van der Waals surface area contributed by atoms with Crippen LogP contribution in [0.4, 0.5) is 18.9 Å². The van der Waals surface area contributed by atoms with E-state index >= 15 is 0 Å². The van der Waals surface area contributed by atoms with Gasteiger partial charge in [-0.2, -0.15) is 0 Å². The zero-order valence-electron chi connectivity index (χ0n) is 16.2. The van der Waals surface area contributed by atoms with Crippen molar-refractivity contribution in [3.63, 3.8) is 0 Å². The molecule has 0 unspecified atom stereocenters. The maximum Gasteiger partial charge on any atom is 0.573 e. The molecule has 1 amide bonds. The Morgan fingerprint density at radius 1 is 0.833 bits per heavy atom. The summed E-state index contributed by atoms with van der Waals surface area (Å²) >= 11 is 0. The first-order chi connectivity index (χ1) is 14.3. The van der Waals surface area contributed by atoms with Crippen LogP contribution in [0.1, 0.15) is 24.1 Å². The molecular weight excluding hydrogens is 393 g/mol. The molecule has 3 aromatic rings. The fourth-order valence-electron chi connectivity index (χ4n) is 2.99. The SMILES string of the molecule is C[C@@H](NC(c1ccccc1)c1ccccc1)C(=O)Nc1ccc(OC(F)(F)F)cc1. The van der Waals surface area contributed by atoms with Gasteiger partial charge in [0.05, 0.1) is 12.1 Å². The van der Waals surface area contributed by atoms with Crippen molar-refractivity contribution < 1.29 is 22.7 Å². The number of amides is 1. The molecule has 0 aliphatic heterocycles. The van der Waals surface area contributed by atoms with E-state index in [1.54, 1.807) is 6.92 Å². The van der Waals surface area contributed by atoms with Gasteiger partial charge in [0, 0.05) is 5.69 Å². The maximum atomic E-state index is 12.6. The molecule has 3 rings (SSSR count). The van der Waals surface area contributed by atoms with Gasteiger partial charge in [0.1, 0.15) is 5.75 Å². The van der Waals surface area contributed by atoms with Gasteiger partial charge in [0.2, 0.25) is 5.91 Å². The van der Waals surface area contributed by atoms with E-state index in [0.29, 0.717) is 5.69 Å². The number of alkyl halides is 3. The Labute approximate surface area is 172 Å². The van der Waals surface area contributed by atoms with Crippen LogP contribution in [-0.4, -0.2) is 18.3 Å². The van der Waals surface area contributed by atoms with E-state index in [1.807, 2.05) is 60.7 Å². The maximum absolute atomic E-state index is 12.6. The number of benzene rings is 3. The Morgan fingerprint density at radius 3 is 1.80 bits per heavy atom. The monoisotopic (exact) mass is 414 g/mol. The predicted molar refractivity (Wildman–Crippen MR) is 109 cm³/mol. The molecule has 7 heteroatoms. The molecule has 30 heavy (non-hydrogen) atoms. The van der Waals surface area contributed by atoms with Crippen LogP contribution in [0.5, 0.6) is 5.75 Å². The van der Waals surface area contributed by atoms with E-state index < -0.39 is 12.4 Å². The van der Waals surface area contributed by atoms with Gasteiger partial charge in [0.25, 0.3) is 0 Å². The van der Waals surface area contributed by atoms with Crippen molar-refractivity contribution >= 4 is 11.6 Å². The number of anilines is 1. The molecule has 0 aliphatic rings. The summed E-state index contributed by atoms with van der Waals surface area (Å²) in [4.78, 5) is 12.6. The second-order valence-corrected chi connectivity index (χ2v) is 6.70. The second kappa shape index (κ2) is 9.45. The summed E-state index contributed by atoms with van der Waals surface area (Å²) < 4.78 is 40.6. The third kappa shape index (κ3) is 6.09. The second-order valence-electron chi connectivity index (χ2n) is 6.70. The molecule has 4 nitrogen and oxygen atoms in total. The van der Waals surface area contributed by atoms with Crippen molar-refractivity contribution in [3.05, 3.63) is 96.1 Å². The van der Waals surface area contributed by atoms with Crippen LogP contribution in [0.25, 0.3) is 0 Å². The molecule has 0 bridgehead atoms. The van der Waals surface area contributed by atoms with Gasteiger partial charge < -0.3 is 10.1 Å². The van der Waals surface area contributed by atoms with Crippen LogP contribution >= 0.6 is 0 Å². The molecular formula is C23H21F3N2O2. The molecule has 156 valence electrons. The highest BCUT2D eigenvalue weighted by Crippen LogP contribution is 2.25. The minimum Gasteiger partial charge on any atom is -0.406 e. The van der Waals surface area contributed by atoms with Crippen molar-refractivity contribution in [1.82, 2.24) is 5.32 Å². The van der Waals surface area contributed by atoms with Gasteiger partial charge in [-0.1, -0.05) is 60.7 Å². The standard InChI is InChI=1S/C23H21F3N2O2/c1-16(22(29)28-19-12-14-20(15-13-19)30-23(24,25)26)27-21(17-8-4-2-5-9-17)18-10-6-3-7-11-18/h2-16,21,27H,1H3,(H,28,29)/t16-/m1/s1. The molecule has 0 spiro atoms. The lowest BCUT2D eigenvalue weighted by atomic mass is 9.98. The van der Waals surface area contributed by atoms with E-state index in [1.165, 1.54) is 12.1 Å². The zero-order chi connectivity index (χ0) is 21.6. The Morgan fingerprint density at radius 2 is 1.33 bits per heavy atom. The number of ether oxygens (including phenoxy) is 1. The summed E-state index contributed by atoms with van der Waals surface area (Å²) in [5, 5.41) is 6.03. The number of hydrogen-bond donors (Lipinski definition) is 2. The topological polar surface area (TPSA) is 50.4 Å². The van der Waals surface area contributed by atoms with Crippen molar-refractivity contribution in [3.8, 4) is 5.75 Å². The molecule has 0 aromatic heterocycles. The van der Waals surface area contributed by atoms with Crippen LogP contribution in [0.2, 0.25) is 0 Å². The quantitative estimate of drug-likeness (QED) is 0.552. The highest BCUT2D eigenvalue weighted by atomic mass is 19.4. The molecule has 0 radical (unpaired) electrons. The van der Waals surface area contributed by atoms with Crippen LogP contribution < -0.4 is 15.4 Å². The molecule has 0 aliphatic carbocycles. The normalized spacial score (nSPS) is 12.4. The fraction of sp³-hybridized carbons (Fsp3) is 0.174. The third-order valence-corrected chi connectivity index (χ3v) is 4.43. The minimum absolute atomic E-state index is 0.198. The lowest BCUT2D eigenvalue weighted by Gasteiger charge is -2.24. The number of rotatable bonds is 7. The van der Waals surface area contributed by atoms with Gasteiger partial charge >= 0.3 is 6.36 Å². The largest absolute Gasteiger partial charge is 0.573 e. The number of nitrogens with one attached hydrogen (secondary N) is 2. The highest BCUT2D eigenvalue weighted by Gasteiger charge is 2.31. The Bertz CT molecular complexity index is 906. The molecule has 0 fully saturated rings. The molecule has 1 atom stereocenters. The average molecular weight is 414 g/mol. The van der Waals surface area contributed by atoms with E-state index in [4.69, 9.17) is 0 Å². The smallest absolute Gasteiger partial charge is 0.406 e. The fourth-order valence-corrected chi connectivity index (χ4v) is 2.99. The van der Waals surface area contributed by atoms with E-state index in [9.17, 15) is 18.0 Å². The van der Waals surface area contributed by atoms with E-state index in [2.05, 4.69) is 15.4 Å². The Balaban J connectivity index is 1.68. The first kappa shape index (κ1) is 21.4. The van der Waals surface area contributed by atoms with Crippen molar-refractivity contribution in [1.29, 1.82) is 0 Å². The van der Waals surface area contributed by atoms with Gasteiger partial charge in [0.15, 0.2) is 0 Å². The summed E-state index contributed by atoms with van der Waals surface area (Å²) in [7, 11) is 0. The van der Waals surface area contributed by atoms with Gasteiger partial charge in [-0.05, 0) is 42.3 Å². The van der Waals surface area contributed by atoms with Crippen molar-refractivity contribution in [2.45, 2.75) is 25.4 Å². The number of hydrogen-bond acceptors (Lipinski definition) is 3. The Hall–Kier alpha value is -3.32. The van der Waals surface area contributed by atoms with E-state index in [-0.39, 0.29) is 17.7 Å². The zero-order valence-corrected chi connectivity index (χ0v) is 16.2. The molecule has 0 saturated carbocycles. The highest BCUT2D eigenvalue weighted by molar-refractivity contribution is 5.94. The van der Waals surface area contributed by atoms with Crippen molar-refractivity contribution in [2.24, 2.45) is 0 Å².